The van der Waals surface area contributed by atoms with Crippen LogP contribution in [0.25, 0.3) is 10.9 Å². The van der Waals surface area contributed by atoms with Crippen molar-refractivity contribution in [2.75, 3.05) is 37.7 Å². The van der Waals surface area contributed by atoms with Crippen molar-refractivity contribution in [1.82, 2.24) is 20.0 Å². The summed E-state index contributed by atoms with van der Waals surface area (Å²) in [5.41, 5.74) is 7.67. The van der Waals surface area contributed by atoms with Gasteiger partial charge in [-0.1, -0.05) is 32.0 Å². The summed E-state index contributed by atoms with van der Waals surface area (Å²) in [5.74, 6) is -0.279. The van der Waals surface area contributed by atoms with E-state index in [1.54, 1.807) is 0 Å². The van der Waals surface area contributed by atoms with E-state index in [9.17, 15) is 14.4 Å². The molecule has 240 valence electrons. The molecule has 3 fully saturated rings. The van der Waals surface area contributed by atoms with Crippen molar-refractivity contribution in [1.29, 1.82) is 0 Å². The molecule has 9 nitrogen and oxygen atoms in total. The molecule has 9 heteroatoms. The Morgan fingerprint density at radius 2 is 1.73 bits per heavy atom. The van der Waals surface area contributed by atoms with Crippen molar-refractivity contribution < 1.29 is 19.1 Å². The van der Waals surface area contributed by atoms with E-state index < -0.39 is 0 Å². The summed E-state index contributed by atoms with van der Waals surface area (Å²) in [6.45, 7) is 9.85. The zero-order valence-corrected chi connectivity index (χ0v) is 27.2. The Morgan fingerprint density at radius 1 is 0.978 bits per heavy atom. The molecular weight excluding hydrogens is 566 g/mol. The molecule has 3 aromatic rings. The third-order valence-electron chi connectivity index (χ3n) is 10.6. The van der Waals surface area contributed by atoms with Gasteiger partial charge in [-0.25, -0.2) is 4.79 Å². The molecule has 7 rings (SSSR count). The van der Waals surface area contributed by atoms with E-state index in [2.05, 4.69) is 46.6 Å². The quantitative estimate of drug-likeness (QED) is 0.366. The van der Waals surface area contributed by atoms with E-state index in [1.165, 1.54) is 28.8 Å². The number of amides is 3. The van der Waals surface area contributed by atoms with Crippen LogP contribution in [0.1, 0.15) is 99.9 Å². The lowest BCUT2D eigenvalue weighted by atomic mass is 9.73. The van der Waals surface area contributed by atoms with Gasteiger partial charge < -0.3 is 14.5 Å². The second-order valence-electron chi connectivity index (χ2n) is 12.9. The van der Waals surface area contributed by atoms with Crippen molar-refractivity contribution >= 4 is 34.5 Å². The number of aromatic nitrogens is 2. The van der Waals surface area contributed by atoms with E-state index in [4.69, 9.17) is 9.84 Å². The second kappa shape index (κ2) is 12.9. The Morgan fingerprint density at radius 3 is 2.44 bits per heavy atom. The Hall–Kier alpha value is -3.88. The van der Waals surface area contributed by atoms with Gasteiger partial charge in [-0.15, -0.1) is 0 Å². The summed E-state index contributed by atoms with van der Waals surface area (Å²) in [7, 11) is 1.93. The maximum absolute atomic E-state index is 12.5. The SMILES string of the molecule is CC.CCOC(=O)N1CCC2(CCc3cc(C4CCN(c5ccc6c(C7CCC(=O)NC7=O)nn(C)c6c5)CC4)ccc32)CC1. The maximum Gasteiger partial charge on any atom is 0.409 e. The van der Waals surface area contributed by atoms with Crippen LogP contribution in [-0.4, -0.2) is 65.4 Å². The number of carbonyl (C=O) groups is 3. The fourth-order valence-electron chi connectivity index (χ4n) is 8.11. The van der Waals surface area contributed by atoms with Gasteiger partial charge in [0.1, 0.15) is 0 Å². The number of aryl methyl sites for hydroxylation is 2. The summed E-state index contributed by atoms with van der Waals surface area (Å²) in [5, 5.41) is 8.16. The van der Waals surface area contributed by atoms with Crippen LogP contribution in [0.4, 0.5) is 10.5 Å². The van der Waals surface area contributed by atoms with Crippen molar-refractivity contribution in [3.8, 4) is 0 Å². The van der Waals surface area contributed by atoms with E-state index >= 15 is 0 Å². The summed E-state index contributed by atoms with van der Waals surface area (Å²) in [6.07, 6.45) is 7.27. The van der Waals surface area contributed by atoms with Crippen LogP contribution in [0.5, 0.6) is 0 Å². The third-order valence-corrected chi connectivity index (χ3v) is 10.6. The second-order valence-corrected chi connectivity index (χ2v) is 12.9. The monoisotopic (exact) mass is 613 g/mol. The minimum absolute atomic E-state index is 0.172. The predicted molar refractivity (Wildman–Crippen MR) is 176 cm³/mol. The van der Waals surface area contributed by atoms with Crippen molar-refractivity contribution in [3.05, 3.63) is 58.8 Å². The Bertz CT molecular complexity index is 1580. The highest BCUT2D eigenvalue weighted by atomic mass is 16.6. The van der Waals surface area contributed by atoms with Crippen molar-refractivity contribution in [2.24, 2.45) is 7.05 Å². The number of imide groups is 1. The molecule has 4 aliphatic rings. The molecule has 2 aromatic carbocycles. The number of hydrogen-bond donors (Lipinski definition) is 1. The van der Waals surface area contributed by atoms with E-state index in [0.717, 1.165) is 74.9 Å². The van der Waals surface area contributed by atoms with Crippen LogP contribution in [0.15, 0.2) is 36.4 Å². The Balaban J connectivity index is 0.00000175. The van der Waals surface area contributed by atoms with Gasteiger partial charge in [0.25, 0.3) is 0 Å². The van der Waals surface area contributed by atoms with Gasteiger partial charge in [0.2, 0.25) is 11.8 Å². The normalized spacial score (nSPS) is 21.4. The average molecular weight is 614 g/mol. The van der Waals surface area contributed by atoms with Gasteiger partial charge in [0.05, 0.1) is 23.7 Å². The number of anilines is 1. The number of rotatable bonds is 4. The van der Waals surface area contributed by atoms with E-state index in [0.29, 0.717) is 25.4 Å². The van der Waals surface area contributed by atoms with Crippen LogP contribution in [0.2, 0.25) is 0 Å². The molecular formula is C36H47N5O4. The minimum Gasteiger partial charge on any atom is -0.450 e. The lowest BCUT2D eigenvalue weighted by Crippen LogP contribution is -2.44. The van der Waals surface area contributed by atoms with Gasteiger partial charge in [-0.3, -0.25) is 19.6 Å². The van der Waals surface area contributed by atoms with Gasteiger partial charge >= 0.3 is 6.09 Å². The molecule has 0 bridgehead atoms. The minimum atomic E-state index is -0.386. The number of carbonyl (C=O) groups excluding carboxylic acids is 3. The zero-order valence-electron chi connectivity index (χ0n) is 27.2. The molecule has 3 amide bonds. The fraction of sp³-hybridized carbons (Fsp3) is 0.556. The number of nitrogens with one attached hydrogen (secondary N) is 1. The molecule has 3 aliphatic heterocycles. The molecule has 0 radical (unpaired) electrons. The first kappa shape index (κ1) is 31.1. The van der Waals surface area contributed by atoms with E-state index in [-0.39, 0.29) is 29.2 Å². The highest BCUT2D eigenvalue weighted by molar-refractivity contribution is 6.02. The van der Waals surface area contributed by atoms with E-state index in [1.807, 2.05) is 37.4 Å². The summed E-state index contributed by atoms with van der Waals surface area (Å²) >= 11 is 0. The predicted octanol–water partition coefficient (Wildman–Crippen LogP) is 5.94. The maximum atomic E-state index is 12.5. The number of fused-ring (bicyclic) bond motifs is 3. The molecule has 1 N–H and O–H groups in total. The Labute approximate surface area is 266 Å². The number of nitrogens with zero attached hydrogens (tertiary/aromatic N) is 4. The average Bonchev–Trinajstić information content (AvgIpc) is 3.59. The molecule has 1 spiro atoms. The lowest BCUT2D eigenvalue weighted by molar-refractivity contribution is -0.134. The largest absolute Gasteiger partial charge is 0.450 e. The highest BCUT2D eigenvalue weighted by Crippen LogP contribution is 2.47. The number of hydrogen-bond acceptors (Lipinski definition) is 6. The molecule has 1 atom stereocenters. The number of piperidine rings is 3. The first-order chi connectivity index (χ1) is 21.8. The molecule has 3 saturated heterocycles. The molecule has 1 aromatic heterocycles. The van der Waals surface area contributed by atoms with Gasteiger partial charge in [-0.2, -0.15) is 5.10 Å². The fourth-order valence-corrected chi connectivity index (χ4v) is 8.11. The van der Waals surface area contributed by atoms with Gasteiger partial charge in [0.15, 0.2) is 0 Å². The summed E-state index contributed by atoms with van der Waals surface area (Å²) < 4.78 is 7.10. The molecule has 4 heterocycles. The van der Waals surface area contributed by atoms with Crippen LogP contribution in [-0.2, 0) is 33.2 Å². The van der Waals surface area contributed by atoms with Crippen molar-refractivity contribution in [3.63, 3.8) is 0 Å². The van der Waals surface area contributed by atoms with Crippen LogP contribution >= 0.6 is 0 Å². The number of likely N-dealkylation sites (tertiary alicyclic amines) is 1. The van der Waals surface area contributed by atoms with Crippen LogP contribution < -0.4 is 10.2 Å². The highest BCUT2D eigenvalue weighted by Gasteiger charge is 2.42. The van der Waals surface area contributed by atoms with Crippen molar-refractivity contribution in [2.45, 2.75) is 89.4 Å². The third kappa shape index (κ3) is 5.82. The topological polar surface area (TPSA) is 96.8 Å². The standard InChI is InChI=1S/C34H41N5O4.C2H6/c1-3-43-33(42)39-18-14-34(15-19-39)13-10-24-20-23(4-8-28(24)34)22-11-16-38(17-12-22)25-5-6-26-29(21-25)37(2)36-31(26)27-7-9-30(40)35-32(27)41;1-2/h4-6,8,20-22,27H,3,7,9-19H2,1-2H3,(H,35,40,41);1-2H3. The molecule has 45 heavy (non-hydrogen) atoms. The van der Waals surface area contributed by atoms with Gasteiger partial charge in [-0.05, 0) is 98.1 Å². The molecule has 1 aliphatic carbocycles. The number of ether oxygens (including phenoxy) is 1. The smallest absolute Gasteiger partial charge is 0.409 e. The summed E-state index contributed by atoms with van der Waals surface area (Å²) in [6, 6.07) is 13.7. The van der Waals surface area contributed by atoms with Crippen LogP contribution in [0.3, 0.4) is 0 Å². The first-order valence-electron chi connectivity index (χ1n) is 17.0. The first-order valence-corrected chi connectivity index (χ1v) is 17.0. The lowest BCUT2D eigenvalue weighted by Gasteiger charge is -2.39. The number of benzene rings is 2. The van der Waals surface area contributed by atoms with Crippen LogP contribution in [0, 0.1) is 0 Å². The van der Waals surface area contributed by atoms with Gasteiger partial charge in [0, 0.05) is 50.7 Å². The summed E-state index contributed by atoms with van der Waals surface area (Å²) in [4.78, 5) is 40.7. The zero-order chi connectivity index (χ0) is 31.7. The molecule has 0 saturated carbocycles. The molecule has 1 unspecified atom stereocenters. The Kier molecular flexibility index (Phi) is 8.89.